The molecule has 1 aliphatic carbocycles. The van der Waals surface area contributed by atoms with Crippen LogP contribution in [0.25, 0.3) is 0 Å². The molecule has 5 nitrogen and oxygen atoms in total. The minimum atomic E-state index is -0.362. The smallest absolute Gasteiger partial charge is 0.407 e. The molecule has 2 fully saturated rings. The van der Waals surface area contributed by atoms with Crippen molar-refractivity contribution in [3.63, 3.8) is 0 Å². The van der Waals surface area contributed by atoms with E-state index in [-0.39, 0.29) is 18.2 Å². The van der Waals surface area contributed by atoms with Crippen LogP contribution in [-0.2, 0) is 4.74 Å². The lowest BCUT2D eigenvalue weighted by molar-refractivity contribution is 0.0838. The molecule has 2 N–H and O–H groups in total. The fraction of sp³-hybridized carbons (Fsp3) is 0.909. The fourth-order valence-electron chi connectivity index (χ4n) is 2.78. The minimum Gasteiger partial charge on any atom is -0.453 e. The average Bonchev–Trinajstić information content (AvgIpc) is 2.86. The minimum absolute atomic E-state index is 0.167. The quantitative estimate of drug-likeness (QED) is 0.715. The van der Waals surface area contributed by atoms with E-state index in [2.05, 4.69) is 15.0 Å². The number of aliphatic hydroxyl groups excluding tert-OH is 1. The van der Waals surface area contributed by atoms with Crippen molar-refractivity contribution >= 4 is 6.09 Å². The van der Waals surface area contributed by atoms with Gasteiger partial charge in [-0.05, 0) is 25.7 Å². The van der Waals surface area contributed by atoms with Crippen molar-refractivity contribution in [3.8, 4) is 0 Å². The molecular weight excluding hydrogens is 208 g/mol. The Labute approximate surface area is 95.8 Å². The zero-order valence-electron chi connectivity index (χ0n) is 9.69. The Morgan fingerprint density at radius 2 is 2.25 bits per heavy atom. The lowest BCUT2D eigenvalue weighted by atomic mass is 10.2. The molecule has 0 aromatic rings. The number of aliphatic hydroxyl groups is 1. The van der Waals surface area contributed by atoms with Crippen LogP contribution in [0.5, 0.6) is 0 Å². The van der Waals surface area contributed by atoms with Gasteiger partial charge >= 0.3 is 6.09 Å². The van der Waals surface area contributed by atoms with Gasteiger partial charge in [-0.3, -0.25) is 4.90 Å². The number of hydrogen-bond acceptors (Lipinski definition) is 4. The Hall–Kier alpha value is -0.810. The molecule has 1 saturated heterocycles. The van der Waals surface area contributed by atoms with Crippen molar-refractivity contribution in [1.29, 1.82) is 0 Å². The van der Waals surface area contributed by atoms with Gasteiger partial charge in [-0.15, -0.1) is 0 Å². The molecule has 3 atom stereocenters. The highest BCUT2D eigenvalue weighted by Crippen LogP contribution is 2.27. The zero-order chi connectivity index (χ0) is 11.5. The maximum atomic E-state index is 11.1. The van der Waals surface area contributed by atoms with E-state index >= 15 is 0 Å². The first-order valence-electron chi connectivity index (χ1n) is 5.97. The lowest BCUT2D eigenvalue weighted by Crippen LogP contribution is -2.42. The number of carbonyl (C=O) groups is 1. The predicted molar refractivity (Wildman–Crippen MR) is 59.2 cm³/mol. The second-order valence-electron chi connectivity index (χ2n) is 4.68. The Balaban J connectivity index is 1.81. The molecule has 0 radical (unpaired) electrons. The number of methoxy groups -OCH3 is 1. The highest BCUT2D eigenvalue weighted by molar-refractivity contribution is 5.67. The van der Waals surface area contributed by atoms with Crippen LogP contribution in [0.3, 0.4) is 0 Å². The third-order valence-corrected chi connectivity index (χ3v) is 3.64. The van der Waals surface area contributed by atoms with Gasteiger partial charge in [-0.25, -0.2) is 4.79 Å². The summed E-state index contributed by atoms with van der Waals surface area (Å²) in [6.07, 6.45) is 3.49. The van der Waals surface area contributed by atoms with Gasteiger partial charge in [0.2, 0.25) is 0 Å². The monoisotopic (exact) mass is 228 g/mol. The van der Waals surface area contributed by atoms with Gasteiger partial charge in [0.1, 0.15) is 0 Å². The van der Waals surface area contributed by atoms with Crippen LogP contribution in [0.2, 0.25) is 0 Å². The highest BCUT2D eigenvalue weighted by Gasteiger charge is 2.35. The summed E-state index contributed by atoms with van der Waals surface area (Å²) < 4.78 is 4.58. The highest BCUT2D eigenvalue weighted by atomic mass is 16.5. The fourth-order valence-corrected chi connectivity index (χ4v) is 2.78. The van der Waals surface area contributed by atoms with E-state index in [9.17, 15) is 9.90 Å². The molecule has 0 aromatic carbocycles. The molecule has 2 aliphatic rings. The average molecular weight is 228 g/mol. The molecular formula is C11H20N2O3. The maximum Gasteiger partial charge on any atom is 0.407 e. The second kappa shape index (κ2) is 5.01. The summed E-state index contributed by atoms with van der Waals surface area (Å²) in [7, 11) is 1.38. The molecule has 1 heterocycles. The molecule has 1 unspecified atom stereocenters. The van der Waals surface area contributed by atoms with Gasteiger partial charge in [0, 0.05) is 25.2 Å². The van der Waals surface area contributed by atoms with E-state index in [4.69, 9.17) is 0 Å². The standard InChI is InChI=1S/C11H20N2O3/c1-16-11(15)12-8-5-6-13(7-8)9-3-2-4-10(9)14/h8-10,14H,2-7H2,1H3,(H,12,15)/t8?,9-,10-/m0/s1. The molecule has 0 bridgehead atoms. The summed E-state index contributed by atoms with van der Waals surface area (Å²) in [6.45, 7) is 1.78. The number of ether oxygens (including phenoxy) is 1. The Kier molecular flexibility index (Phi) is 3.66. The number of hydrogen-bond donors (Lipinski definition) is 2. The number of carbonyl (C=O) groups excluding carboxylic acids is 1. The molecule has 0 aromatic heterocycles. The number of alkyl carbamates (subject to hydrolysis) is 1. The molecule has 1 aliphatic heterocycles. The van der Waals surface area contributed by atoms with E-state index in [1.54, 1.807) is 0 Å². The first-order valence-corrected chi connectivity index (χ1v) is 5.97. The van der Waals surface area contributed by atoms with Crippen molar-refractivity contribution < 1.29 is 14.6 Å². The van der Waals surface area contributed by atoms with Gasteiger partial charge in [0.05, 0.1) is 13.2 Å². The van der Waals surface area contributed by atoms with Gasteiger partial charge < -0.3 is 15.2 Å². The Bertz CT molecular complexity index is 260. The largest absolute Gasteiger partial charge is 0.453 e. The Morgan fingerprint density at radius 1 is 1.44 bits per heavy atom. The summed E-state index contributed by atoms with van der Waals surface area (Å²) in [5.41, 5.74) is 0. The van der Waals surface area contributed by atoms with E-state index in [0.717, 1.165) is 38.8 Å². The van der Waals surface area contributed by atoms with Crippen molar-refractivity contribution in [2.75, 3.05) is 20.2 Å². The molecule has 0 spiro atoms. The normalized spacial score (nSPS) is 35.2. The molecule has 92 valence electrons. The third-order valence-electron chi connectivity index (χ3n) is 3.64. The zero-order valence-corrected chi connectivity index (χ0v) is 9.69. The first-order chi connectivity index (χ1) is 7.70. The molecule has 1 saturated carbocycles. The van der Waals surface area contributed by atoms with E-state index in [0.29, 0.717) is 6.04 Å². The van der Waals surface area contributed by atoms with Crippen molar-refractivity contribution in [1.82, 2.24) is 10.2 Å². The summed E-state index contributed by atoms with van der Waals surface area (Å²) >= 11 is 0. The predicted octanol–water partition coefficient (Wildman–Crippen LogP) is 0.330. The molecule has 2 rings (SSSR count). The summed E-state index contributed by atoms with van der Waals surface area (Å²) in [5, 5.41) is 12.6. The topological polar surface area (TPSA) is 61.8 Å². The molecule has 5 heteroatoms. The third kappa shape index (κ3) is 2.47. The van der Waals surface area contributed by atoms with Crippen molar-refractivity contribution in [2.24, 2.45) is 0 Å². The number of nitrogens with one attached hydrogen (secondary N) is 1. The number of nitrogens with zero attached hydrogens (tertiary/aromatic N) is 1. The van der Waals surface area contributed by atoms with Gasteiger partial charge in [0.15, 0.2) is 0 Å². The first kappa shape index (κ1) is 11.7. The SMILES string of the molecule is COC(=O)NC1CCN([C@H]2CCC[C@@H]2O)C1. The van der Waals surface area contributed by atoms with Crippen LogP contribution in [0, 0.1) is 0 Å². The maximum absolute atomic E-state index is 11.1. The number of amides is 1. The van der Waals surface area contributed by atoms with E-state index in [1.807, 2.05) is 0 Å². The van der Waals surface area contributed by atoms with Crippen LogP contribution < -0.4 is 5.32 Å². The van der Waals surface area contributed by atoms with E-state index < -0.39 is 0 Å². The van der Waals surface area contributed by atoms with Crippen molar-refractivity contribution in [3.05, 3.63) is 0 Å². The van der Waals surface area contributed by atoms with Gasteiger partial charge in [-0.1, -0.05) is 0 Å². The Morgan fingerprint density at radius 3 is 2.88 bits per heavy atom. The van der Waals surface area contributed by atoms with Crippen LogP contribution in [-0.4, -0.2) is 54.5 Å². The summed E-state index contributed by atoms with van der Waals surface area (Å²) in [6, 6.07) is 0.463. The van der Waals surface area contributed by atoms with Crippen LogP contribution in [0.1, 0.15) is 25.7 Å². The number of likely N-dealkylation sites (tertiary alicyclic amines) is 1. The van der Waals surface area contributed by atoms with E-state index in [1.165, 1.54) is 7.11 Å². The van der Waals surface area contributed by atoms with Crippen molar-refractivity contribution in [2.45, 2.75) is 43.9 Å². The number of rotatable bonds is 2. The molecule has 1 amide bonds. The lowest BCUT2D eigenvalue weighted by Gasteiger charge is -2.26. The van der Waals surface area contributed by atoms with Gasteiger partial charge in [-0.2, -0.15) is 0 Å². The van der Waals surface area contributed by atoms with Gasteiger partial charge in [0.25, 0.3) is 0 Å². The second-order valence-corrected chi connectivity index (χ2v) is 4.68. The summed E-state index contributed by atoms with van der Waals surface area (Å²) in [4.78, 5) is 13.3. The van der Waals surface area contributed by atoms with Crippen LogP contribution in [0.15, 0.2) is 0 Å². The van der Waals surface area contributed by atoms with Crippen LogP contribution >= 0.6 is 0 Å². The van der Waals surface area contributed by atoms with Crippen LogP contribution in [0.4, 0.5) is 4.79 Å². The summed E-state index contributed by atoms with van der Waals surface area (Å²) in [5.74, 6) is 0. The molecule has 16 heavy (non-hydrogen) atoms.